The molecule has 0 aromatic carbocycles. The smallest absolute Gasteiger partial charge is 0.317 e. The normalized spacial score (nSPS) is 8.69. The Morgan fingerprint density at radius 3 is 3.23 bits per heavy atom. The standard InChI is InChI=1S/C9H10N2O2/c1-2-13-9(12)5-3-4-8-6-10-7-11-8/h6-7H,2,5H2,1H3,(H,10,11). The molecule has 0 saturated carbocycles. The maximum absolute atomic E-state index is 10.8. The second-order valence-corrected chi connectivity index (χ2v) is 2.25. The van der Waals surface area contributed by atoms with Crippen LogP contribution in [0, 0.1) is 11.8 Å². The van der Waals surface area contributed by atoms with E-state index in [2.05, 4.69) is 21.8 Å². The predicted molar refractivity (Wildman–Crippen MR) is 46.7 cm³/mol. The van der Waals surface area contributed by atoms with Crippen LogP contribution in [0.25, 0.3) is 0 Å². The Kier molecular flexibility index (Phi) is 3.58. The topological polar surface area (TPSA) is 55.0 Å². The summed E-state index contributed by atoms with van der Waals surface area (Å²) in [5.41, 5.74) is 0.698. The van der Waals surface area contributed by atoms with Crippen LogP contribution < -0.4 is 0 Å². The summed E-state index contributed by atoms with van der Waals surface area (Å²) in [7, 11) is 0. The van der Waals surface area contributed by atoms with Crippen LogP contribution >= 0.6 is 0 Å². The van der Waals surface area contributed by atoms with Gasteiger partial charge in [-0.15, -0.1) is 0 Å². The number of hydrogen-bond acceptors (Lipinski definition) is 3. The van der Waals surface area contributed by atoms with Crippen molar-refractivity contribution in [3.8, 4) is 11.8 Å². The lowest BCUT2D eigenvalue weighted by Crippen LogP contribution is -2.01. The van der Waals surface area contributed by atoms with E-state index in [9.17, 15) is 4.79 Å². The van der Waals surface area contributed by atoms with Crippen molar-refractivity contribution < 1.29 is 9.53 Å². The molecule has 0 aliphatic carbocycles. The Hall–Kier alpha value is -1.76. The molecule has 1 aromatic rings. The van der Waals surface area contributed by atoms with E-state index in [1.54, 1.807) is 13.1 Å². The number of ether oxygens (including phenoxy) is 1. The van der Waals surface area contributed by atoms with Gasteiger partial charge in [0.05, 0.1) is 19.1 Å². The van der Waals surface area contributed by atoms with Crippen LogP contribution in [0.3, 0.4) is 0 Å². The summed E-state index contributed by atoms with van der Waals surface area (Å²) < 4.78 is 4.69. The maximum atomic E-state index is 10.8. The number of rotatable bonds is 2. The van der Waals surface area contributed by atoms with Gasteiger partial charge in [-0.05, 0) is 12.8 Å². The molecular formula is C9H10N2O2. The third-order valence-electron chi connectivity index (χ3n) is 1.26. The molecule has 0 fully saturated rings. The van der Waals surface area contributed by atoms with E-state index < -0.39 is 0 Å². The lowest BCUT2D eigenvalue weighted by molar-refractivity contribution is -0.141. The number of aromatic amines is 1. The zero-order valence-electron chi connectivity index (χ0n) is 7.33. The van der Waals surface area contributed by atoms with Crippen molar-refractivity contribution >= 4 is 5.97 Å². The number of aromatic nitrogens is 2. The van der Waals surface area contributed by atoms with E-state index in [4.69, 9.17) is 4.74 Å². The molecule has 0 amide bonds. The highest BCUT2D eigenvalue weighted by atomic mass is 16.5. The van der Waals surface area contributed by atoms with Gasteiger partial charge in [0.15, 0.2) is 0 Å². The van der Waals surface area contributed by atoms with Crippen molar-refractivity contribution in [1.29, 1.82) is 0 Å². The van der Waals surface area contributed by atoms with Gasteiger partial charge in [0.25, 0.3) is 0 Å². The average Bonchev–Trinajstić information content (AvgIpc) is 2.57. The monoisotopic (exact) mass is 178 g/mol. The summed E-state index contributed by atoms with van der Waals surface area (Å²) in [6.45, 7) is 2.16. The zero-order chi connectivity index (χ0) is 9.52. The van der Waals surface area contributed by atoms with Crippen LogP contribution in [0.4, 0.5) is 0 Å². The van der Waals surface area contributed by atoms with Crippen molar-refractivity contribution in [3.05, 3.63) is 18.2 Å². The minimum Gasteiger partial charge on any atom is -0.465 e. The summed E-state index contributed by atoms with van der Waals surface area (Å²) >= 11 is 0. The van der Waals surface area contributed by atoms with E-state index in [1.807, 2.05) is 0 Å². The van der Waals surface area contributed by atoms with Crippen LogP contribution in [-0.2, 0) is 9.53 Å². The van der Waals surface area contributed by atoms with Crippen LogP contribution in [0.5, 0.6) is 0 Å². The minimum atomic E-state index is -0.297. The fourth-order valence-corrected chi connectivity index (χ4v) is 0.748. The van der Waals surface area contributed by atoms with E-state index in [0.29, 0.717) is 12.3 Å². The van der Waals surface area contributed by atoms with Gasteiger partial charge in [-0.2, -0.15) is 0 Å². The molecule has 0 spiro atoms. The average molecular weight is 178 g/mol. The molecular weight excluding hydrogens is 168 g/mol. The van der Waals surface area contributed by atoms with Gasteiger partial charge in [0, 0.05) is 0 Å². The van der Waals surface area contributed by atoms with Crippen molar-refractivity contribution in [2.24, 2.45) is 0 Å². The van der Waals surface area contributed by atoms with E-state index in [0.717, 1.165) is 0 Å². The summed E-state index contributed by atoms with van der Waals surface area (Å²) in [6.07, 6.45) is 3.25. The fraction of sp³-hybridized carbons (Fsp3) is 0.333. The van der Waals surface area contributed by atoms with E-state index >= 15 is 0 Å². The number of H-pyrrole nitrogens is 1. The number of carbonyl (C=O) groups is 1. The third kappa shape index (κ3) is 3.43. The second kappa shape index (κ2) is 4.99. The minimum absolute atomic E-state index is 0.118. The van der Waals surface area contributed by atoms with Gasteiger partial charge in [-0.3, -0.25) is 4.79 Å². The lowest BCUT2D eigenvalue weighted by Gasteiger charge is -1.94. The number of imidazole rings is 1. The van der Waals surface area contributed by atoms with Crippen molar-refractivity contribution in [1.82, 2.24) is 9.97 Å². The second-order valence-electron chi connectivity index (χ2n) is 2.25. The quantitative estimate of drug-likeness (QED) is 0.536. The molecule has 4 nitrogen and oxygen atoms in total. The number of nitrogens with one attached hydrogen (secondary N) is 1. The molecule has 68 valence electrons. The Balaban J connectivity index is 2.37. The number of esters is 1. The Labute approximate surface area is 76.3 Å². The first-order valence-electron chi connectivity index (χ1n) is 3.95. The molecule has 13 heavy (non-hydrogen) atoms. The third-order valence-corrected chi connectivity index (χ3v) is 1.26. The van der Waals surface area contributed by atoms with Crippen LogP contribution in [0.15, 0.2) is 12.5 Å². The first-order valence-corrected chi connectivity index (χ1v) is 3.95. The van der Waals surface area contributed by atoms with E-state index in [-0.39, 0.29) is 12.4 Å². The maximum Gasteiger partial charge on any atom is 0.317 e. The number of nitrogens with zero attached hydrogens (tertiary/aromatic N) is 1. The summed E-state index contributed by atoms with van der Waals surface area (Å²) in [4.78, 5) is 17.4. The predicted octanol–water partition coefficient (Wildman–Crippen LogP) is 0.714. The summed E-state index contributed by atoms with van der Waals surface area (Å²) in [5, 5.41) is 0. The first-order chi connectivity index (χ1) is 6.33. The van der Waals surface area contributed by atoms with Crippen LogP contribution in [0.1, 0.15) is 19.0 Å². The summed E-state index contributed by atoms with van der Waals surface area (Å²) in [6, 6.07) is 0. The van der Waals surface area contributed by atoms with Crippen molar-refractivity contribution in [3.63, 3.8) is 0 Å². The highest BCUT2D eigenvalue weighted by Gasteiger charge is 1.95. The molecule has 0 bridgehead atoms. The molecule has 1 rings (SSSR count). The van der Waals surface area contributed by atoms with Gasteiger partial charge in [-0.25, -0.2) is 4.98 Å². The van der Waals surface area contributed by atoms with Crippen LogP contribution in [-0.4, -0.2) is 22.5 Å². The zero-order valence-corrected chi connectivity index (χ0v) is 7.33. The van der Waals surface area contributed by atoms with Gasteiger partial charge in [0.2, 0.25) is 0 Å². The molecule has 0 saturated heterocycles. The number of hydrogen-bond donors (Lipinski definition) is 1. The Morgan fingerprint density at radius 1 is 1.77 bits per heavy atom. The molecule has 1 heterocycles. The van der Waals surface area contributed by atoms with Gasteiger partial charge in [-0.1, -0.05) is 5.92 Å². The highest BCUT2D eigenvalue weighted by Crippen LogP contribution is 1.88. The fourth-order valence-electron chi connectivity index (χ4n) is 0.748. The van der Waals surface area contributed by atoms with Crippen LogP contribution in [0.2, 0.25) is 0 Å². The van der Waals surface area contributed by atoms with Crippen molar-refractivity contribution in [2.75, 3.05) is 6.61 Å². The number of carbonyl (C=O) groups excluding carboxylic acids is 1. The molecule has 0 atom stereocenters. The molecule has 1 aromatic heterocycles. The Morgan fingerprint density at radius 2 is 2.62 bits per heavy atom. The highest BCUT2D eigenvalue weighted by molar-refractivity contribution is 5.72. The SMILES string of the molecule is CCOC(=O)CC#Cc1cnc[nH]1. The molecule has 0 unspecified atom stereocenters. The first kappa shape index (κ1) is 9.33. The Bertz CT molecular complexity index is 319. The largest absolute Gasteiger partial charge is 0.465 e. The van der Waals surface area contributed by atoms with E-state index in [1.165, 1.54) is 6.33 Å². The molecule has 0 aliphatic rings. The van der Waals surface area contributed by atoms with Gasteiger partial charge >= 0.3 is 5.97 Å². The summed E-state index contributed by atoms with van der Waals surface area (Å²) in [5.74, 6) is 5.12. The van der Waals surface area contributed by atoms with Gasteiger partial charge in [0.1, 0.15) is 12.1 Å². The van der Waals surface area contributed by atoms with Crippen molar-refractivity contribution in [2.45, 2.75) is 13.3 Å². The lowest BCUT2D eigenvalue weighted by atomic mass is 10.4. The molecule has 1 N–H and O–H groups in total. The molecule has 4 heteroatoms. The van der Waals surface area contributed by atoms with Gasteiger partial charge < -0.3 is 9.72 Å². The molecule has 0 aliphatic heterocycles. The molecule has 0 radical (unpaired) electrons.